The van der Waals surface area contributed by atoms with Crippen molar-refractivity contribution in [1.29, 1.82) is 0 Å². The number of halogens is 1. The van der Waals surface area contributed by atoms with E-state index in [9.17, 15) is 0 Å². The molecule has 2 spiro atoms. The molecule has 6 radical (unpaired) electrons. The number of benzene rings is 12. The van der Waals surface area contributed by atoms with Crippen LogP contribution in [0, 0.1) is 0 Å². The highest BCUT2D eigenvalue weighted by molar-refractivity contribution is 9.10. The standard InChI is InChI=1S/C38H25B.C38H25Br.3C6H14O2.B2/c2*39-35-25-13-24-34-36(35)28-18-7-8-19-29(28)38(34)32-22-11-9-20-30(32)37(26-14-3-1-4-15-26,27-16-5-2-6-17-27)31-21-10-12-23-33(31)38;3*1-5(2,7)6(3,4)8;1-2/h2*1-25H;3*7-8H,1-4H3;. The first-order valence-corrected chi connectivity index (χ1v) is 36.3. The van der Waals surface area contributed by atoms with Crippen LogP contribution in [0.5, 0.6) is 0 Å². The van der Waals surface area contributed by atoms with Gasteiger partial charge in [-0.1, -0.05) is 319 Å². The summed E-state index contributed by atoms with van der Waals surface area (Å²) in [5, 5.41) is 54.6. The Balaban J connectivity index is 0.000000156. The topological polar surface area (TPSA) is 121 Å². The molecule has 12 aromatic rings. The van der Waals surface area contributed by atoms with Crippen molar-refractivity contribution >= 4 is 44.7 Å². The summed E-state index contributed by atoms with van der Waals surface area (Å²) < 4.78 is 1.14. The van der Waals surface area contributed by atoms with Gasteiger partial charge < -0.3 is 30.6 Å². The molecule has 0 unspecified atom stereocenters. The molecule has 520 valence electrons. The van der Waals surface area contributed by atoms with Gasteiger partial charge in [-0.25, -0.2) is 0 Å². The van der Waals surface area contributed by atoms with Crippen LogP contribution in [0.25, 0.3) is 22.3 Å². The fourth-order valence-electron chi connectivity index (χ4n) is 15.3. The highest BCUT2D eigenvalue weighted by Gasteiger charge is 2.59. The predicted octanol–water partition coefficient (Wildman–Crippen LogP) is 17.9. The molecule has 0 aliphatic heterocycles. The first-order valence-electron chi connectivity index (χ1n) is 35.5. The van der Waals surface area contributed by atoms with Crippen molar-refractivity contribution in [1.82, 2.24) is 0 Å². The van der Waals surface area contributed by atoms with Crippen molar-refractivity contribution in [3.8, 4) is 22.3 Å². The third-order valence-electron chi connectivity index (χ3n) is 22.4. The number of hydrogen-bond acceptors (Lipinski definition) is 6. The molecule has 0 saturated heterocycles. The average Bonchev–Trinajstić information content (AvgIpc) is 1.27. The normalized spacial score (nSPS) is 14.7. The van der Waals surface area contributed by atoms with Crippen molar-refractivity contribution in [3.05, 3.63) is 397 Å². The van der Waals surface area contributed by atoms with Crippen molar-refractivity contribution < 1.29 is 30.6 Å². The molecular formula is C94H92B3BrO6. The first-order chi connectivity index (χ1) is 49.3. The van der Waals surface area contributed by atoms with Crippen LogP contribution in [0.4, 0.5) is 0 Å². The van der Waals surface area contributed by atoms with Gasteiger partial charge in [-0.2, -0.15) is 0 Å². The van der Waals surface area contributed by atoms with Gasteiger partial charge in [-0.3, -0.25) is 0 Å². The van der Waals surface area contributed by atoms with Crippen molar-refractivity contribution in [2.24, 2.45) is 0 Å². The molecule has 0 aromatic heterocycles. The fourth-order valence-corrected chi connectivity index (χ4v) is 15.8. The Hall–Kier alpha value is -8.93. The Morgan fingerprint density at radius 1 is 0.221 bits per heavy atom. The predicted molar refractivity (Wildman–Crippen MR) is 434 cm³/mol. The van der Waals surface area contributed by atoms with Gasteiger partial charge in [0.25, 0.3) is 0 Å². The number of aliphatic hydroxyl groups is 6. The van der Waals surface area contributed by atoms with Crippen LogP contribution in [0.1, 0.15) is 172 Å². The summed E-state index contributed by atoms with van der Waals surface area (Å²) in [4.78, 5) is 0. The highest BCUT2D eigenvalue weighted by atomic mass is 79.9. The summed E-state index contributed by atoms with van der Waals surface area (Å²) >= 11 is 3.94. The van der Waals surface area contributed by atoms with Gasteiger partial charge >= 0.3 is 0 Å². The zero-order valence-electron chi connectivity index (χ0n) is 61.7. The molecule has 0 saturated carbocycles. The van der Waals surface area contributed by atoms with E-state index in [4.69, 9.17) is 38.5 Å². The number of hydrogen-bond donors (Lipinski definition) is 6. The molecule has 4 aliphatic carbocycles. The van der Waals surface area contributed by atoms with Crippen molar-refractivity contribution in [3.63, 3.8) is 0 Å². The Kier molecular flexibility index (Phi) is 21.4. The summed E-state index contributed by atoms with van der Waals surface area (Å²) in [6.45, 7) is 18.9. The van der Waals surface area contributed by atoms with Crippen LogP contribution >= 0.6 is 15.9 Å². The van der Waals surface area contributed by atoms with E-state index in [1.54, 1.807) is 83.1 Å². The molecule has 0 amide bonds. The second-order valence-electron chi connectivity index (χ2n) is 30.5. The van der Waals surface area contributed by atoms with Gasteiger partial charge in [0.1, 0.15) is 7.85 Å². The minimum atomic E-state index is -1.01. The second kappa shape index (κ2) is 29.2. The lowest BCUT2D eigenvalue weighted by Gasteiger charge is -2.50. The first kappa shape index (κ1) is 76.2. The molecule has 6 nitrogen and oxygen atoms in total. The maximum Gasteiger partial charge on any atom is 0.114 e. The molecule has 0 fully saturated rings. The van der Waals surface area contributed by atoms with Crippen LogP contribution in [-0.4, -0.2) is 87.6 Å². The van der Waals surface area contributed by atoms with E-state index < -0.39 is 55.3 Å². The molecule has 0 atom stereocenters. The molecular weight excluding hydrogens is 1340 g/mol. The quantitative estimate of drug-likeness (QED) is 0.0885. The van der Waals surface area contributed by atoms with Crippen LogP contribution in [0.2, 0.25) is 0 Å². The number of rotatable bonds is 7. The van der Waals surface area contributed by atoms with Gasteiger partial charge in [0.15, 0.2) is 0 Å². The lowest BCUT2D eigenvalue weighted by molar-refractivity contribution is -0.107. The van der Waals surface area contributed by atoms with E-state index in [-0.39, 0.29) is 0 Å². The Bertz CT molecular complexity index is 4430. The zero-order valence-corrected chi connectivity index (χ0v) is 63.2. The molecule has 4 aliphatic rings. The van der Waals surface area contributed by atoms with Crippen molar-refractivity contribution in [2.75, 3.05) is 0 Å². The minimum Gasteiger partial charge on any atom is -0.387 e. The lowest BCUT2D eigenvalue weighted by atomic mass is 9.51. The largest absolute Gasteiger partial charge is 0.387 e. The Morgan fingerprint density at radius 3 is 0.673 bits per heavy atom. The smallest absolute Gasteiger partial charge is 0.114 e. The van der Waals surface area contributed by atoms with Gasteiger partial charge in [0, 0.05) is 25.5 Å². The number of fused-ring (bicyclic) bond motifs is 18. The molecule has 104 heavy (non-hydrogen) atoms. The Morgan fingerprint density at radius 2 is 0.413 bits per heavy atom. The molecule has 16 rings (SSSR count). The third kappa shape index (κ3) is 12.8. The third-order valence-corrected chi connectivity index (χ3v) is 23.0. The Labute approximate surface area is 628 Å². The lowest BCUT2D eigenvalue weighted by Crippen LogP contribution is -2.44. The summed E-state index contributed by atoms with van der Waals surface area (Å²) in [5.41, 5.74) is 18.9. The summed E-state index contributed by atoms with van der Waals surface area (Å²) in [6.07, 6.45) is 0. The second-order valence-corrected chi connectivity index (χ2v) is 31.4. The van der Waals surface area contributed by atoms with Gasteiger partial charge in [-0.15, -0.1) is 0 Å². The molecule has 6 N–H and O–H groups in total. The summed E-state index contributed by atoms with van der Waals surface area (Å²) in [5.74, 6) is 0. The van der Waals surface area contributed by atoms with E-state index >= 15 is 0 Å². The SMILES string of the molecule is Brc1cccc2c1-c1ccccc1C21c2ccccc2C(c2ccccc2)(c2ccccc2)c2ccccc21.CC(C)(O)C(C)(C)O.CC(C)(O)C(C)(C)O.CC(C)(O)C(C)(C)O.[B][B].[B]c1cccc2c1-c1ccccc1C21c2ccccc2C(c2ccccc2)(c2ccccc2)c2ccccc21. The van der Waals surface area contributed by atoms with E-state index in [0.717, 1.165) is 15.5 Å². The maximum atomic E-state index is 9.10. The summed E-state index contributed by atoms with van der Waals surface area (Å²) in [6, 6.07) is 112. The average molecular weight is 1430 g/mol. The zero-order chi connectivity index (χ0) is 75.1. The van der Waals surface area contributed by atoms with Crippen LogP contribution in [0.3, 0.4) is 0 Å². The molecule has 12 aromatic carbocycles. The van der Waals surface area contributed by atoms with E-state index in [1.807, 2.05) is 6.07 Å². The summed E-state index contributed by atoms with van der Waals surface area (Å²) in [7, 11) is 14.8. The van der Waals surface area contributed by atoms with Crippen molar-refractivity contribution in [2.45, 2.75) is 138 Å². The monoisotopic (exact) mass is 1430 g/mol. The van der Waals surface area contributed by atoms with Gasteiger partial charge in [0.05, 0.1) is 55.3 Å². The van der Waals surface area contributed by atoms with Crippen LogP contribution in [0.15, 0.2) is 308 Å². The van der Waals surface area contributed by atoms with Gasteiger partial charge in [-0.05, 0) is 195 Å². The van der Waals surface area contributed by atoms with Crippen LogP contribution in [-0.2, 0) is 21.7 Å². The van der Waals surface area contributed by atoms with E-state index in [2.05, 4.69) is 329 Å². The van der Waals surface area contributed by atoms with E-state index in [0.29, 0.717) is 0 Å². The molecule has 0 heterocycles. The van der Waals surface area contributed by atoms with Crippen LogP contribution < -0.4 is 5.46 Å². The maximum absolute atomic E-state index is 9.10. The van der Waals surface area contributed by atoms with Gasteiger partial charge in [0.2, 0.25) is 0 Å². The van der Waals surface area contributed by atoms with E-state index in [1.165, 1.54) is 106 Å². The minimum absolute atomic E-state index is 0.421. The highest BCUT2D eigenvalue weighted by Crippen LogP contribution is 2.67. The fraction of sp³-hybridized carbons (Fsp3) is 0.234. The molecule has 0 bridgehead atoms. The molecule has 10 heteroatoms.